The van der Waals surface area contributed by atoms with Crippen molar-refractivity contribution in [3.8, 4) is 5.75 Å². The summed E-state index contributed by atoms with van der Waals surface area (Å²) in [6, 6.07) is 1.37. The summed E-state index contributed by atoms with van der Waals surface area (Å²) in [5.41, 5.74) is 1.48. The zero-order valence-electron chi connectivity index (χ0n) is 10.5. The number of methoxy groups -OCH3 is 1. The smallest absolute Gasteiger partial charge is 0.152 e. The Balaban J connectivity index is 3.47. The van der Waals surface area contributed by atoms with E-state index in [-0.39, 0.29) is 5.41 Å². The molecule has 88 valence electrons. The van der Waals surface area contributed by atoms with Crippen LogP contribution in [0.25, 0.3) is 5.57 Å². The van der Waals surface area contributed by atoms with Crippen LogP contribution in [0.5, 0.6) is 5.75 Å². The van der Waals surface area contributed by atoms with E-state index in [1.54, 1.807) is 6.92 Å². The predicted octanol–water partition coefficient (Wildman–Crippen LogP) is 3.56. The molecule has 0 radical (unpaired) electrons. The average Bonchev–Trinajstić information content (AvgIpc) is 2.14. The molecule has 1 rings (SSSR count). The highest BCUT2D eigenvalue weighted by Crippen LogP contribution is 2.32. The van der Waals surface area contributed by atoms with Crippen LogP contribution in [0.15, 0.2) is 12.6 Å². The molecule has 0 saturated heterocycles. The molecule has 16 heavy (non-hydrogen) atoms. The minimum absolute atomic E-state index is 0.191. The Morgan fingerprint density at radius 3 is 2.38 bits per heavy atom. The van der Waals surface area contributed by atoms with Gasteiger partial charge in [-0.1, -0.05) is 27.4 Å². The first-order valence-corrected chi connectivity index (χ1v) is 5.18. The van der Waals surface area contributed by atoms with E-state index in [9.17, 15) is 4.39 Å². The molecule has 0 N–H and O–H groups in total. The lowest BCUT2D eigenvalue weighted by molar-refractivity contribution is 0.387. The molecule has 0 saturated carbocycles. The maximum atomic E-state index is 13.7. The van der Waals surface area contributed by atoms with Gasteiger partial charge in [-0.15, -0.1) is 0 Å². The Labute approximate surface area is 96.2 Å². The van der Waals surface area contributed by atoms with Gasteiger partial charge in [0.2, 0.25) is 0 Å². The fourth-order valence-corrected chi connectivity index (χ4v) is 1.46. The third-order valence-corrected chi connectivity index (χ3v) is 2.28. The number of hydrogen-bond donors (Lipinski definition) is 0. The Morgan fingerprint density at radius 2 is 2.00 bits per heavy atom. The quantitative estimate of drug-likeness (QED) is 0.764. The number of nitrogens with zero attached hydrogens (tertiary/aromatic N) is 1. The van der Waals surface area contributed by atoms with Crippen LogP contribution in [-0.4, -0.2) is 12.1 Å². The molecule has 0 spiro atoms. The molecule has 0 amide bonds. The fraction of sp³-hybridized carbons (Fsp3) is 0.462. The van der Waals surface area contributed by atoms with Gasteiger partial charge in [0, 0.05) is 11.5 Å². The van der Waals surface area contributed by atoms with E-state index in [1.807, 2.05) is 20.8 Å². The van der Waals surface area contributed by atoms with Crippen molar-refractivity contribution >= 4 is 5.57 Å². The summed E-state index contributed by atoms with van der Waals surface area (Å²) in [5.74, 6) is 0.0901. The van der Waals surface area contributed by atoms with Crippen molar-refractivity contribution in [3.05, 3.63) is 29.9 Å². The second-order valence-corrected chi connectivity index (χ2v) is 4.90. The topological polar surface area (TPSA) is 22.1 Å². The lowest BCUT2D eigenvalue weighted by Gasteiger charge is -2.21. The normalized spacial score (nSPS) is 11.4. The molecule has 0 fully saturated rings. The molecule has 1 aromatic heterocycles. The maximum absolute atomic E-state index is 13.7. The second kappa shape index (κ2) is 4.24. The SMILES string of the molecule is C=C(C)c1nc(C(C)(C)C)c(OC)cc1F. The largest absolute Gasteiger partial charge is 0.495 e. The first-order valence-electron chi connectivity index (χ1n) is 5.18. The summed E-state index contributed by atoms with van der Waals surface area (Å²) in [6.45, 7) is 11.5. The summed E-state index contributed by atoms with van der Waals surface area (Å²) in [6.07, 6.45) is 0. The minimum atomic E-state index is -0.391. The molecular weight excluding hydrogens is 205 g/mol. The van der Waals surface area contributed by atoms with Crippen molar-refractivity contribution in [2.24, 2.45) is 0 Å². The first kappa shape index (κ1) is 12.7. The molecule has 0 aromatic carbocycles. The zero-order chi connectivity index (χ0) is 12.5. The van der Waals surface area contributed by atoms with E-state index >= 15 is 0 Å². The minimum Gasteiger partial charge on any atom is -0.495 e. The number of hydrogen-bond acceptors (Lipinski definition) is 2. The van der Waals surface area contributed by atoms with E-state index in [0.29, 0.717) is 17.0 Å². The second-order valence-electron chi connectivity index (χ2n) is 4.90. The summed E-state index contributed by atoms with van der Waals surface area (Å²) < 4.78 is 18.8. The molecule has 2 nitrogen and oxygen atoms in total. The molecule has 0 unspecified atom stereocenters. The molecular formula is C13H18FNO. The van der Waals surface area contributed by atoms with Gasteiger partial charge in [-0.2, -0.15) is 0 Å². The van der Waals surface area contributed by atoms with Crippen molar-refractivity contribution in [3.63, 3.8) is 0 Å². The van der Waals surface area contributed by atoms with Crippen molar-refractivity contribution in [2.75, 3.05) is 7.11 Å². The predicted molar refractivity (Wildman–Crippen MR) is 64.2 cm³/mol. The number of allylic oxidation sites excluding steroid dienone is 1. The summed E-state index contributed by atoms with van der Waals surface area (Å²) in [5, 5.41) is 0. The van der Waals surface area contributed by atoms with Crippen molar-refractivity contribution < 1.29 is 9.13 Å². The van der Waals surface area contributed by atoms with Gasteiger partial charge >= 0.3 is 0 Å². The summed E-state index contributed by atoms with van der Waals surface area (Å²) in [4.78, 5) is 4.31. The Hall–Kier alpha value is -1.38. The first-order chi connectivity index (χ1) is 7.27. The average molecular weight is 223 g/mol. The van der Waals surface area contributed by atoms with Gasteiger partial charge in [0.15, 0.2) is 5.82 Å². The lowest BCUT2D eigenvalue weighted by atomic mass is 9.90. The van der Waals surface area contributed by atoms with E-state index in [0.717, 1.165) is 5.69 Å². The number of rotatable bonds is 2. The molecule has 0 aliphatic carbocycles. The van der Waals surface area contributed by atoms with E-state index in [4.69, 9.17) is 4.74 Å². The van der Waals surface area contributed by atoms with Crippen molar-refractivity contribution in [1.29, 1.82) is 0 Å². The van der Waals surface area contributed by atoms with E-state index < -0.39 is 5.82 Å². The molecule has 1 heterocycles. The molecule has 0 bridgehead atoms. The molecule has 0 aliphatic rings. The number of ether oxygens (including phenoxy) is 1. The number of aromatic nitrogens is 1. The maximum Gasteiger partial charge on any atom is 0.152 e. The zero-order valence-corrected chi connectivity index (χ0v) is 10.5. The Bertz CT molecular complexity index is 419. The fourth-order valence-electron chi connectivity index (χ4n) is 1.46. The third kappa shape index (κ3) is 2.40. The van der Waals surface area contributed by atoms with Crippen LogP contribution in [0, 0.1) is 5.82 Å². The van der Waals surface area contributed by atoms with Gasteiger partial charge in [0.1, 0.15) is 11.4 Å². The van der Waals surface area contributed by atoms with E-state index in [2.05, 4.69) is 11.6 Å². The highest BCUT2D eigenvalue weighted by molar-refractivity contribution is 5.59. The summed E-state index contributed by atoms with van der Waals surface area (Å²) in [7, 11) is 1.52. The Morgan fingerprint density at radius 1 is 1.44 bits per heavy atom. The third-order valence-electron chi connectivity index (χ3n) is 2.28. The Kier molecular flexibility index (Phi) is 3.36. The molecule has 3 heteroatoms. The van der Waals surface area contributed by atoms with Crippen LogP contribution in [0.3, 0.4) is 0 Å². The van der Waals surface area contributed by atoms with Gasteiger partial charge in [-0.25, -0.2) is 9.37 Å². The van der Waals surface area contributed by atoms with Gasteiger partial charge in [0.05, 0.1) is 12.8 Å². The van der Waals surface area contributed by atoms with Gasteiger partial charge < -0.3 is 4.74 Å². The number of halogens is 1. The van der Waals surface area contributed by atoms with Crippen LogP contribution < -0.4 is 4.74 Å². The summed E-state index contributed by atoms with van der Waals surface area (Å²) >= 11 is 0. The monoisotopic (exact) mass is 223 g/mol. The van der Waals surface area contributed by atoms with E-state index in [1.165, 1.54) is 13.2 Å². The number of pyridine rings is 1. The van der Waals surface area contributed by atoms with Crippen molar-refractivity contribution in [2.45, 2.75) is 33.1 Å². The standard InChI is InChI=1S/C13H18FNO/c1-8(2)11-9(14)7-10(16-6)12(15-11)13(3,4)5/h7H,1H2,2-6H3. The van der Waals surface area contributed by atoms with Crippen LogP contribution in [-0.2, 0) is 5.41 Å². The molecule has 0 atom stereocenters. The molecule has 0 aliphatic heterocycles. The van der Waals surface area contributed by atoms with Crippen LogP contribution in [0.1, 0.15) is 39.1 Å². The van der Waals surface area contributed by atoms with Gasteiger partial charge in [0.25, 0.3) is 0 Å². The van der Waals surface area contributed by atoms with Gasteiger partial charge in [-0.3, -0.25) is 0 Å². The van der Waals surface area contributed by atoms with Crippen LogP contribution in [0.4, 0.5) is 4.39 Å². The lowest BCUT2D eigenvalue weighted by Crippen LogP contribution is -2.16. The highest BCUT2D eigenvalue weighted by atomic mass is 19.1. The van der Waals surface area contributed by atoms with Crippen LogP contribution >= 0.6 is 0 Å². The van der Waals surface area contributed by atoms with Gasteiger partial charge in [-0.05, 0) is 12.5 Å². The van der Waals surface area contributed by atoms with Crippen LogP contribution in [0.2, 0.25) is 0 Å². The highest BCUT2D eigenvalue weighted by Gasteiger charge is 2.23. The van der Waals surface area contributed by atoms with Crippen molar-refractivity contribution in [1.82, 2.24) is 4.98 Å². The molecule has 1 aromatic rings.